The molecule has 4 nitrogen and oxygen atoms in total. The van der Waals surface area contributed by atoms with E-state index in [4.69, 9.17) is 9.47 Å². The van der Waals surface area contributed by atoms with Gasteiger partial charge in [-0.05, 0) is 40.7 Å². The molecule has 0 saturated carbocycles. The van der Waals surface area contributed by atoms with Gasteiger partial charge in [-0.15, -0.1) is 0 Å². The van der Waals surface area contributed by atoms with Crippen molar-refractivity contribution in [2.24, 2.45) is 0 Å². The van der Waals surface area contributed by atoms with Crippen molar-refractivity contribution in [2.45, 2.75) is 46.0 Å². The van der Waals surface area contributed by atoms with Crippen molar-refractivity contribution in [1.82, 2.24) is 0 Å². The normalized spacial score (nSPS) is 13.2. The summed E-state index contributed by atoms with van der Waals surface area (Å²) in [6.45, 7) is 9.70. The van der Waals surface area contributed by atoms with Crippen molar-refractivity contribution >= 4 is 11.6 Å². The summed E-state index contributed by atoms with van der Waals surface area (Å²) in [4.78, 5) is 12.7. The van der Waals surface area contributed by atoms with Crippen LogP contribution < -0.4 is 14.8 Å². The van der Waals surface area contributed by atoms with Crippen molar-refractivity contribution in [3.63, 3.8) is 0 Å². The maximum Gasteiger partial charge on any atom is 0.228 e. The fourth-order valence-corrected chi connectivity index (χ4v) is 3.26. The average Bonchev–Trinajstić information content (AvgIpc) is 2.61. The number of rotatable bonds is 5. The molecular formula is C22H27NO3. The Morgan fingerprint density at radius 2 is 1.58 bits per heavy atom. The Morgan fingerprint density at radius 3 is 2.19 bits per heavy atom. The molecular weight excluding hydrogens is 326 g/mol. The number of hydrogen-bond acceptors (Lipinski definition) is 3. The Hall–Kier alpha value is -2.49. The van der Waals surface area contributed by atoms with E-state index < -0.39 is 0 Å². The number of anilines is 1. The van der Waals surface area contributed by atoms with Crippen molar-refractivity contribution < 1.29 is 14.3 Å². The van der Waals surface area contributed by atoms with E-state index in [1.165, 1.54) is 11.1 Å². The second-order valence-corrected chi connectivity index (χ2v) is 7.32. The quantitative estimate of drug-likeness (QED) is 0.833. The van der Waals surface area contributed by atoms with Gasteiger partial charge in [-0.25, -0.2) is 0 Å². The number of nitrogens with one attached hydrogen (secondary N) is 1. The minimum Gasteiger partial charge on any atom is -0.486 e. The van der Waals surface area contributed by atoms with Gasteiger partial charge in [0.05, 0.1) is 6.42 Å². The third-order valence-corrected chi connectivity index (χ3v) is 4.61. The first-order chi connectivity index (χ1) is 12.5. The summed E-state index contributed by atoms with van der Waals surface area (Å²) in [5.41, 5.74) is 4.22. The Morgan fingerprint density at radius 1 is 0.962 bits per heavy atom. The van der Waals surface area contributed by atoms with Gasteiger partial charge in [0.2, 0.25) is 5.91 Å². The van der Waals surface area contributed by atoms with Gasteiger partial charge in [-0.1, -0.05) is 52.0 Å². The highest BCUT2D eigenvalue weighted by Crippen LogP contribution is 2.33. The highest BCUT2D eigenvalue weighted by molar-refractivity contribution is 5.94. The maximum absolute atomic E-state index is 12.7. The van der Waals surface area contributed by atoms with E-state index in [9.17, 15) is 4.79 Å². The van der Waals surface area contributed by atoms with E-state index >= 15 is 0 Å². The topological polar surface area (TPSA) is 47.6 Å². The van der Waals surface area contributed by atoms with Gasteiger partial charge in [0, 0.05) is 5.69 Å². The Kier molecular flexibility index (Phi) is 5.50. The molecule has 0 bridgehead atoms. The average molecular weight is 353 g/mol. The lowest BCUT2D eigenvalue weighted by molar-refractivity contribution is -0.115. The lowest BCUT2D eigenvalue weighted by atomic mass is 9.92. The predicted octanol–water partition coefficient (Wildman–Crippen LogP) is 4.89. The number of ether oxygens (including phenoxy) is 2. The first-order valence-electron chi connectivity index (χ1n) is 9.27. The fourth-order valence-electron chi connectivity index (χ4n) is 3.26. The molecule has 0 radical (unpaired) electrons. The van der Waals surface area contributed by atoms with Crippen LogP contribution in [0.5, 0.6) is 11.5 Å². The van der Waals surface area contributed by atoms with Gasteiger partial charge in [0.25, 0.3) is 0 Å². The van der Waals surface area contributed by atoms with Gasteiger partial charge in [-0.3, -0.25) is 4.79 Å². The molecule has 0 unspecified atom stereocenters. The summed E-state index contributed by atoms with van der Waals surface area (Å²) in [6.07, 6.45) is 0.306. The number of hydrogen-bond donors (Lipinski definition) is 1. The first-order valence-corrected chi connectivity index (χ1v) is 9.27. The summed E-state index contributed by atoms with van der Waals surface area (Å²) in [5.74, 6) is 2.13. The molecule has 0 fully saturated rings. The van der Waals surface area contributed by atoms with E-state index in [0.717, 1.165) is 17.0 Å². The third-order valence-electron chi connectivity index (χ3n) is 4.61. The number of carbonyl (C=O) groups is 1. The van der Waals surface area contributed by atoms with Crippen molar-refractivity contribution in [3.05, 3.63) is 53.1 Å². The van der Waals surface area contributed by atoms with Gasteiger partial charge in [0.15, 0.2) is 11.5 Å². The number of fused-ring (bicyclic) bond motifs is 1. The van der Waals surface area contributed by atoms with E-state index in [1.54, 1.807) is 0 Å². The maximum atomic E-state index is 12.7. The van der Waals surface area contributed by atoms with Crippen molar-refractivity contribution in [2.75, 3.05) is 18.5 Å². The minimum absolute atomic E-state index is 0.0170. The van der Waals surface area contributed by atoms with Crippen LogP contribution in [0.15, 0.2) is 36.4 Å². The molecule has 0 atom stereocenters. The van der Waals surface area contributed by atoms with Crippen LogP contribution in [0, 0.1) is 0 Å². The predicted molar refractivity (Wildman–Crippen MR) is 104 cm³/mol. The molecule has 2 aromatic carbocycles. The molecule has 1 amide bonds. The molecule has 0 aromatic heterocycles. The zero-order valence-corrected chi connectivity index (χ0v) is 16.0. The zero-order valence-electron chi connectivity index (χ0n) is 16.0. The van der Waals surface area contributed by atoms with Gasteiger partial charge in [0.1, 0.15) is 13.2 Å². The fraction of sp³-hybridized carbons (Fsp3) is 0.409. The van der Waals surface area contributed by atoms with Crippen LogP contribution in [0.25, 0.3) is 0 Å². The van der Waals surface area contributed by atoms with Gasteiger partial charge in [-0.2, -0.15) is 0 Å². The molecule has 2 aromatic rings. The lowest BCUT2D eigenvalue weighted by Gasteiger charge is -2.21. The van der Waals surface area contributed by atoms with Crippen LogP contribution in [0.4, 0.5) is 5.69 Å². The standard InChI is InChI=1S/C22H27NO3/c1-14(2)17-6-5-7-18(15(3)4)22(17)23-21(24)13-16-8-9-19-20(12-16)26-11-10-25-19/h5-9,12,14-15H,10-11,13H2,1-4H3,(H,23,24). The highest BCUT2D eigenvalue weighted by Gasteiger charge is 2.17. The molecule has 1 aliphatic rings. The lowest BCUT2D eigenvalue weighted by Crippen LogP contribution is -2.19. The molecule has 26 heavy (non-hydrogen) atoms. The summed E-state index contributed by atoms with van der Waals surface area (Å²) >= 11 is 0. The molecule has 4 heteroatoms. The number of benzene rings is 2. The van der Waals surface area contributed by atoms with Crippen LogP contribution in [-0.4, -0.2) is 19.1 Å². The molecule has 1 N–H and O–H groups in total. The van der Waals surface area contributed by atoms with Gasteiger partial charge >= 0.3 is 0 Å². The molecule has 0 spiro atoms. The van der Waals surface area contributed by atoms with Crippen LogP contribution in [0.2, 0.25) is 0 Å². The second kappa shape index (κ2) is 7.81. The van der Waals surface area contributed by atoms with Crippen LogP contribution >= 0.6 is 0 Å². The number of amides is 1. The highest BCUT2D eigenvalue weighted by atomic mass is 16.6. The SMILES string of the molecule is CC(C)c1cccc(C(C)C)c1NC(=O)Cc1ccc2c(c1)OCCO2. The number of para-hydroxylation sites is 1. The monoisotopic (exact) mass is 353 g/mol. The molecule has 0 saturated heterocycles. The summed E-state index contributed by atoms with van der Waals surface area (Å²) in [6, 6.07) is 11.9. The largest absolute Gasteiger partial charge is 0.486 e. The third kappa shape index (κ3) is 4.01. The van der Waals surface area contributed by atoms with Gasteiger partial charge < -0.3 is 14.8 Å². The Bertz CT molecular complexity index is 770. The van der Waals surface area contributed by atoms with E-state index in [0.29, 0.717) is 37.2 Å². The second-order valence-electron chi connectivity index (χ2n) is 7.32. The summed E-state index contributed by atoms with van der Waals surface area (Å²) in [7, 11) is 0. The summed E-state index contributed by atoms with van der Waals surface area (Å²) < 4.78 is 11.1. The van der Waals surface area contributed by atoms with Crippen molar-refractivity contribution in [3.8, 4) is 11.5 Å². The molecule has 0 aliphatic carbocycles. The molecule has 1 aliphatic heterocycles. The van der Waals surface area contributed by atoms with E-state index in [1.807, 2.05) is 18.2 Å². The minimum atomic E-state index is -0.0170. The van der Waals surface area contributed by atoms with Crippen LogP contribution in [-0.2, 0) is 11.2 Å². The number of carbonyl (C=O) groups excluding carboxylic acids is 1. The van der Waals surface area contributed by atoms with Crippen molar-refractivity contribution in [1.29, 1.82) is 0 Å². The van der Waals surface area contributed by atoms with Crippen LogP contribution in [0.3, 0.4) is 0 Å². The molecule has 138 valence electrons. The molecule has 1 heterocycles. The summed E-state index contributed by atoms with van der Waals surface area (Å²) in [5, 5.41) is 3.16. The Balaban J connectivity index is 1.80. The smallest absolute Gasteiger partial charge is 0.228 e. The first kappa shape index (κ1) is 18.3. The van der Waals surface area contributed by atoms with Crippen LogP contribution in [0.1, 0.15) is 56.2 Å². The van der Waals surface area contributed by atoms with E-state index in [-0.39, 0.29) is 5.91 Å². The van der Waals surface area contributed by atoms with E-state index in [2.05, 4.69) is 51.2 Å². The Labute approximate surface area is 155 Å². The molecule has 3 rings (SSSR count). The zero-order chi connectivity index (χ0) is 18.7.